The van der Waals surface area contributed by atoms with Crippen molar-refractivity contribution < 1.29 is 33.8 Å². The van der Waals surface area contributed by atoms with Gasteiger partial charge in [-0.15, -0.1) is 0 Å². The first-order valence-corrected chi connectivity index (χ1v) is 10.5. The van der Waals surface area contributed by atoms with Crippen molar-refractivity contribution in [3.63, 3.8) is 0 Å². The Hall–Kier alpha value is -3.84. The molecule has 0 aliphatic rings. The Morgan fingerprint density at radius 2 is 1.69 bits per heavy atom. The molecule has 0 saturated heterocycles. The maximum Gasteiger partial charge on any atom is 0.310 e. The fourth-order valence-electron chi connectivity index (χ4n) is 2.42. The van der Waals surface area contributed by atoms with Crippen LogP contribution in [-0.2, 0) is 0 Å². The molecule has 13 heteroatoms. The minimum absolute atomic E-state index is 0.0726. The number of rotatable bonds is 7. The summed E-state index contributed by atoms with van der Waals surface area (Å²) in [4.78, 5) is 21.7. The average molecular weight is 474 g/mol. The number of nitriles is 2. The van der Waals surface area contributed by atoms with E-state index in [0.29, 0.717) is 12.1 Å². The van der Waals surface area contributed by atoms with Crippen LogP contribution in [0.2, 0.25) is 0 Å². The Morgan fingerprint density at radius 1 is 1.09 bits per heavy atom. The molecule has 1 atom stereocenters. The number of hydrogen-bond donors (Lipinski definition) is 2. The topological polar surface area (TPSA) is 129 Å². The molecule has 0 aliphatic heterocycles. The molecule has 1 unspecified atom stereocenters. The number of halogens is 5. The smallest absolute Gasteiger partial charge is 0.310 e. The number of amides is 2. The van der Waals surface area contributed by atoms with Crippen LogP contribution < -0.4 is 15.8 Å². The van der Waals surface area contributed by atoms with Gasteiger partial charge in [0.2, 0.25) is 0 Å². The Kier molecular flexibility index (Phi) is 5.64. The molecule has 0 bridgehead atoms. The number of primary amides is 1. The zero-order valence-electron chi connectivity index (χ0n) is 16.2. The predicted molar refractivity (Wildman–Crippen MR) is 104 cm³/mol. The number of carbonyl (C=O) groups is 2. The average Bonchev–Trinajstić information content (AvgIpc) is 2.70. The summed E-state index contributed by atoms with van der Waals surface area (Å²) in [7, 11) is -9.89. The molecule has 7 nitrogen and oxygen atoms in total. The van der Waals surface area contributed by atoms with Crippen molar-refractivity contribution in [3.05, 3.63) is 59.2 Å². The zero-order chi connectivity index (χ0) is 24.4. The van der Waals surface area contributed by atoms with Crippen LogP contribution in [0.1, 0.15) is 33.2 Å². The third-order valence-electron chi connectivity index (χ3n) is 4.09. The first-order valence-electron chi connectivity index (χ1n) is 8.53. The van der Waals surface area contributed by atoms with E-state index in [9.17, 15) is 34.3 Å². The van der Waals surface area contributed by atoms with Crippen LogP contribution in [0.4, 0.5) is 19.4 Å². The molecule has 0 aliphatic carbocycles. The largest absolute Gasteiger partial charge is 0.489 e. The van der Waals surface area contributed by atoms with Crippen LogP contribution in [-0.4, -0.2) is 24.0 Å². The van der Waals surface area contributed by atoms with Gasteiger partial charge < -0.3 is 15.8 Å². The quantitative estimate of drug-likeness (QED) is 0.575. The lowest BCUT2D eigenvalue weighted by atomic mass is 10.0. The lowest BCUT2D eigenvalue weighted by molar-refractivity contribution is 0.0896. The van der Waals surface area contributed by atoms with Crippen LogP contribution in [0.3, 0.4) is 0 Å². The highest BCUT2D eigenvalue weighted by Gasteiger charge is 2.65. The lowest BCUT2D eigenvalue weighted by Gasteiger charge is -2.40. The molecule has 0 fully saturated rings. The Balaban J connectivity index is 2.21. The van der Waals surface area contributed by atoms with Gasteiger partial charge in [-0.05, 0) is 49.4 Å². The van der Waals surface area contributed by atoms with Gasteiger partial charge in [-0.2, -0.15) is 10.5 Å². The second-order valence-corrected chi connectivity index (χ2v) is 9.28. The van der Waals surface area contributed by atoms with Gasteiger partial charge in [0.15, 0.2) is 5.54 Å². The number of nitrogens with zero attached hydrogens (tertiary/aromatic N) is 2. The van der Waals surface area contributed by atoms with E-state index < -0.39 is 44.6 Å². The van der Waals surface area contributed by atoms with E-state index in [0.717, 1.165) is 0 Å². The van der Waals surface area contributed by atoms with Crippen molar-refractivity contribution in [1.82, 2.24) is 5.32 Å². The van der Waals surface area contributed by atoms with E-state index in [1.807, 2.05) is 6.07 Å². The molecule has 0 saturated carbocycles. The SMILES string of the molecule is CC(C#N)(COc1cc(C#N)ccc1C(N)=O)NC(=O)c1ccc(S(F)(F)(F)(F)F)cc1. The van der Waals surface area contributed by atoms with E-state index in [1.54, 1.807) is 6.07 Å². The number of benzene rings is 2. The predicted octanol–water partition coefficient (Wildman–Crippen LogP) is 4.41. The normalized spacial score (nSPS) is 15.1. The second-order valence-electron chi connectivity index (χ2n) is 6.87. The Bertz CT molecular complexity index is 1170. The third kappa shape index (κ3) is 5.86. The van der Waals surface area contributed by atoms with Crippen molar-refractivity contribution in [2.24, 2.45) is 5.73 Å². The first kappa shape index (κ1) is 24.4. The molecule has 2 rings (SSSR count). The monoisotopic (exact) mass is 474 g/mol. The van der Waals surface area contributed by atoms with Crippen LogP contribution >= 0.6 is 10.2 Å². The van der Waals surface area contributed by atoms with Gasteiger partial charge >= 0.3 is 10.2 Å². The maximum absolute atomic E-state index is 12.8. The fraction of sp³-hybridized carbons (Fsp3) is 0.158. The Labute approximate surface area is 178 Å². The second kappa shape index (κ2) is 7.39. The van der Waals surface area contributed by atoms with Gasteiger partial charge in [0.05, 0.1) is 23.3 Å². The molecule has 2 amide bonds. The van der Waals surface area contributed by atoms with Crippen LogP contribution in [0, 0.1) is 22.7 Å². The van der Waals surface area contributed by atoms with E-state index in [-0.39, 0.29) is 29.0 Å². The van der Waals surface area contributed by atoms with Crippen molar-refractivity contribution in [3.8, 4) is 17.9 Å². The molecule has 32 heavy (non-hydrogen) atoms. The van der Waals surface area contributed by atoms with Crippen molar-refractivity contribution in [2.75, 3.05) is 6.61 Å². The van der Waals surface area contributed by atoms with Crippen molar-refractivity contribution >= 4 is 22.0 Å². The van der Waals surface area contributed by atoms with Crippen LogP contribution in [0.15, 0.2) is 47.4 Å². The summed E-state index contributed by atoms with van der Waals surface area (Å²) in [5.41, 5.74) is 3.08. The van der Waals surface area contributed by atoms with E-state index in [2.05, 4.69) is 5.32 Å². The van der Waals surface area contributed by atoms with Crippen LogP contribution in [0.25, 0.3) is 0 Å². The van der Waals surface area contributed by atoms with Gasteiger partial charge in [-0.1, -0.05) is 19.4 Å². The first-order chi connectivity index (χ1) is 14.5. The number of nitrogens with one attached hydrogen (secondary N) is 1. The van der Waals surface area contributed by atoms with E-state index in [4.69, 9.17) is 15.7 Å². The summed E-state index contributed by atoms with van der Waals surface area (Å²) in [5, 5.41) is 20.6. The summed E-state index contributed by atoms with van der Waals surface area (Å²) < 4.78 is 69.4. The molecule has 3 N–H and O–H groups in total. The summed E-state index contributed by atoms with van der Waals surface area (Å²) in [5.74, 6) is -2.05. The molecule has 0 aromatic heterocycles. The van der Waals surface area contributed by atoms with Gasteiger partial charge in [0.1, 0.15) is 17.3 Å². The van der Waals surface area contributed by atoms with Crippen molar-refractivity contribution in [1.29, 1.82) is 10.5 Å². The summed E-state index contributed by atoms with van der Waals surface area (Å²) in [6.07, 6.45) is 0. The molecule has 0 radical (unpaired) electrons. The summed E-state index contributed by atoms with van der Waals surface area (Å²) in [6.45, 7) is 0.667. The highest BCUT2D eigenvalue weighted by molar-refractivity contribution is 8.45. The van der Waals surface area contributed by atoms with E-state index in [1.165, 1.54) is 25.1 Å². The third-order valence-corrected chi connectivity index (χ3v) is 5.25. The standard InChI is InChI=1S/C19H15F5N4O3S/c1-19(10-26,11-31-16-8-12(9-25)2-7-15(16)17(27)29)28-18(30)13-3-5-14(6-4-13)32(20,21,22,23)24/h2-8H,11H2,1H3,(H2,27,29)(H,28,30). The summed E-state index contributed by atoms with van der Waals surface area (Å²) >= 11 is 0. The van der Waals surface area contributed by atoms with Gasteiger partial charge in [0, 0.05) is 5.56 Å². The van der Waals surface area contributed by atoms with Crippen LogP contribution in [0.5, 0.6) is 5.75 Å². The molecule has 0 heterocycles. The van der Waals surface area contributed by atoms with Gasteiger partial charge in [0.25, 0.3) is 11.8 Å². The lowest BCUT2D eigenvalue weighted by Crippen LogP contribution is -2.49. The molecule has 2 aromatic rings. The van der Waals surface area contributed by atoms with Crippen molar-refractivity contribution in [2.45, 2.75) is 17.4 Å². The highest BCUT2D eigenvalue weighted by Crippen LogP contribution is 3.02. The summed E-state index contributed by atoms with van der Waals surface area (Å²) in [6, 6.07) is 8.54. The number of ether oxygens (including phenoxy) is 1. The fourth-order valence-corrected chi connectivity index (χ4v) is 3.07. The molecular weight excluding hydrogens is 459 g/mol. The number of carbonyl (C=O) groups excluding carboxylic acids is 2. The number of hydrogen-bond acceptors (Lipinski definition) is 5. The minimum atomic E-state index is -9.89. The highest BCUT2D eigenvalue weighted by atomic mass is 32.5. The molecule has 0 spiro atoms. The number of nitrogens with two attached hydrogens (primary N) is 1. The molecule has 2 aromatic carbocycles. The molecular formula is C19H15F5N4O3S. The minimum Gasteiger partial charge on any atom is -0.489 e. The van der Waals surface area contributed by atoms with Gasteiger partial charge in [-0.25, -0.2) is 0 Å². The van der Waals surface area contributed by atoms with E-state index >= 15 is 0 Å². The maximum atomic E-state index is 12.8. The zero-order valence-corrected chi connectivity index (χ0v) is 17.1. The Morgan fingerprint density at radius 3 is 2.16 bits per heavy atom. The molecule has 170 valence electrons. The van der Waals surface area contributed by atoms with Gasteiger partial charge in [-0.3, -0.25) is 9.59 Å².